The van der Waals surface area contributed by atoms with E-state index in [-0.39, 0.29) is 6.54 Å². The number of rotatable bonds is 6. The second-order valence-corrected chi connectivity index (χ2v) is 7.04. The summed E-state index contributed by atoms with van der Waals surface area (Å²) in [6.45, 7) is 4.64. The number of hydrogen-bond donors (Lipinski definition) is 2. The summed E-state index contributed by atoms with van der Waals surface area (Å²) in [6.07, 6.45) is 0.844. The molecule has 1 aliphatic heterocycles. The van der Waals surface area contributed by atoms with Crippen LogP contribution >= 0.6 is 0 Å². The fraction of sp³-hybridized carbons (Fsp3) is 0.333. The number of ether oxygens (including phenoxy) is 2. The van der Waals surface area contributed by atoms with Crippen LogP contribution < -0.4 is 15.4 Å². The third-order valence-electron chi connectivity index (χ3n) is 4.86. The van der Waals surface area contributed by atoms with E-state index < -0.39 is 6.10 Å². The third kappa shape index (κ3) is 4.64. The lowest BCUT2D eigenvalue weighted by molar-refractivity contribution is 0.122. The van der Waals surface area contributed by atoms with Gasteiger partial charge in [0.05, 0.1) is 30.5 Å². The van der Waals surface area contributed by atoms with E-state index in [4.69, 9.17) is 15.2 Å². The SMILES string of the molecule is Cc1nc(Oc2cc(C#N)ccc2-n2ccc(C(O)CN)n2)cc(N2CCOCC2)n1. The van der Waals surface area contributed by atoms with Gasteiger partial charge in [-0.25, -0.2) is 9.67 Å². The normalized spacial score (nSPS) is 14.8. The van der Waals surface area contributed by atoms with Gasteiger partial charge < -0.3 is 25.2 Å². The summed E-state index contributed by atoms with van der Waals surface area (Å²) in [5.74, 6) is 2.10. The highest BCUT2D eigenvalue weighted by molar-refractivity contribution is 5.53. The lowest BCUT2D eigenvalue weighted by Crippen LogP contribution is -2.36. The average Bonchev–Trinajstić information content (AvgIpc) is 3.28. The van der Waals surface area contributed by atoms with Gasteiger partial charge in [-0.15, -0.1) is 0 Å². The molecule has 0 bridgehead atoms. The van der Waals surface area contributed by atoms with E-state index in [0.29, 0.717) is 47.6 Å². The number of nitriles is 1. The maximum absolute atomic E-state index is 9.96. The quantitative estimate of drug-likeness (QED) is 0.606. The average molecular weight is 421 g/mol. The van der Waals surface area contributed by atoms with Crippen molar-refractivity contribution >= 4 is 5.82 Å². The second-order valence-electron chi connectivity index (χ2n) is 7.04. The maximum atomic E-state index is 9.96. The molecule has 0 aliphatic carbocycles. The Morgan fingerprint density at radius 3 is 2.81 bits per heavy atom. The first kappa shape index (κ1) is 20.7. The Morgan fingerprint density at radius 1 is 1.26 bits per heavy atom. The van der Waals surface area contributed by atoms with E-state index in [1.54, 1.807) is 48.1 Å². The molecule has 3 N–H and O–H groups in total. The molecule has 0 saturated carbocycles. The molecule has 1 unspecified atom stereocenters. The number of nitrogens with two attached hydrogens (primary N) is 1. The van der Waals surface area contributed by atoms with Crippen molar-refractivity contribution in [1.29, 1.82) is 5.26 Å². The number of benzene rings is 1. The number of anilines is 1. The summed E-state index contributed by atoms with van der Waals surface area (Å²) in [5.41, 5.74) is 7.01. The summed E-state index contributed by atoms with van der Waals surface area (Å²) in [4.78, 5) is 11.0. The lowest BCUT2D eigenvalue weighted by atomic mass is 10.2. The molecule has 10 heteroatoms. The number of aromatic nitrogens is 4. The predicted octanol–water partition coefficient (Wildman–Crippen LogP) is 1.46. The minimum Gasteiger partial charge on any atom is -0.437 e. The van der Waals surface area contributed by atoms with Crippen molar-refractivity contribution in [2.75, 3.05) is 37.7 Å². The van der Waals surface area contributed by atoms with Crippen LogP contribution in [-0.4, -0.2) is 57.7 Å². The lowest BCUT2D eigenvalue weighted by Gasteiger charge is -2.28. The standard InChI is InChI=1S/C21H23N7O3/c1-14-24-20(27-6-8-30-9-7-27)11-21(25-14)31-19-10-15(12-22)2-3-17(19)28-5-4-16(26-28)18(29)13-23/h2-5,10-11,18,29H,6-9,13,23H2,1H3. The molecular weight excluding hydrogens is 398 g/mol. The number of morpholine rings is 1. The minimum absolute atomic E-state index is 0.0677. The molecule has 3 aromatic rings. The molecule has 1 atom stereocenters. The number of aryl methyl sites for hydroxylation is 1. The predicted molar refractivity (Wildman–Crippen MR) is 112 cm³/mol. The van der Waals surface area contributed by atoms with Crippen LogP contribution in [0.5, 0.6) is 11.6 Å². The van der Waals surface area contributed by atoms with E-state index in [1.807, 2.05) is 0 Å². The molecule has 0 amide bonds. The summed E-state index contributed by atoms with van der Waals surface area (Å²) in [6, 6.07) is 10.6. The molecule has 1 saturated heterocycles. The fourth-order valence-electron chi connectivity index (χ4n) is 3.27. The highest BCUT2D eigenvalue weighted by atomic mass is 16.5. The molecule has 0 spiro atoms. The zero-order chi connectivity index (χ0) is 21.8. The summed E-state index contributed by atoms with van der Waals surface area (Å²) in [5, 5.41) is 23.7. The van der Waals surface area contributed by atoms with E-state index in [0.717, 1.165) is 18.9 Å². The molecule has 2 aromatic heterocycles. The Balaban J connectivity index is 1.69. The van der Waals surface area contributed by atoms with E-state index >= 15 is 0 Å². The van der Waals surface area contributed by atoms with Gasteiger partial charge in [-0.2, -0.15) is 15.3 Å². The second kappa shape index (κ2) is 9.09. The monoisotopic (exact) mass is 421 g/mol. The highest BCUT2D eigenvalue weighted by Gasteiger charge is 2.17. The molecule has 160 valence electrons. The summed E-state index contributed by atoms with van der Waals surface area (Å²) < 4.78 is 13.1. The van der Waals surface area contributed by atoms with E-state index in [1.165, 1.54) is 0 Å². The van der Waals surface area contributed by atoms with Crippen molar-refractivity contribution in [2.45, 2.75) is 13.0 Å². The van der Waals surface area contributed by atoms with Gasteiger partial charge in [-0.05, 0) is 25.1 Å². The van der Waals surface area contributed by atoms with Crippen LogP contribution in [0.3, 0.4) is 0 Å². The molecule has 3 heterocycles. The first-order valence-corrected chi connectivity index (χ1v) is 9.92. The number of hydrogen-bond acceptors (Lipinski definition) is 9. The molecule has 1 aliphatic rings. The Kier molecular flexibility index (Phi) is 6.08. The molecule has 1 fully saturated rings. The smallest absolute Gasteiger partial charge is 0.224 e. The van der Waals surface area contributed by atoms with Crippen LogP contribution in [0.4, 0.5) is 5.82 Å². The molecular formula is C21H23N7O3. The van der Waals surface area contributed by atoms with Gasteiger partial charge in [-0.3, -0.25) is 0 Å². The van der Waals surface area contributed by atoms with Crippen LogP contribution in [0.15, 0.2) is 36.5 Å². The van der Waals surface area contributed by atoms with Crippen molar-refractivity contribution in [1.82, 2.24) is 19.7 Å². The van der Waals surface area contributed by atoms with Gasteiger partial charge >= 0.3 is 0 Å². The Bertz CT molecular complexity index is 1100. The van der Waals surface area contributed by atoms with Gasteiger partial charge in [0.15, 0.2) is 5.75 Å². The Labute approximate surface area is 179 Å². The maximum Gasteiger partial charge on any atom is 0.224 e. The summed E-state index contributed by atoms with van der Waals surface area (Å²) >= 11 is 0. The van der Waals surface area contributed by atoms with Gasteiger partial charge in [-0.1, -0.05) is 0 Å². The van der Waals surface area contributed by atoms with Crippen molar-refractivity contribution in [2.24, 2.45) is 5.73 Å². The first-order valence-electron chi connectivity index (χ1n) is 9.92. The fourth-order valence-corrected chi connectivity index (χ4v) is 3.27. The molecule has 4 rings (SSSR count). The topological polar surface area (TPSA) is 135 Å². The van der Waals surface area contributed by atoms with Gasteiger partial charge in [0.2, 0.25) is 5.88 Å². The van der Waals surface area contributed by atoms with Crippen molar-refractivity contribution in [3.63, 3.8) is 0 Å². The zero-order valence-corrected chi connectivity index (χ0v) is 17.1. The zero-order valence-electron chi connectivity index (χ0n) is 17.1. The minimum atomic E-state index is -0.857. The van der Waals surface area contributed by atoms with E-state index in [9.17, 15) is 10.4 Å². The largest absolute Gasteiger partial charge is 0.437 e. The Hall–Kier alpha value is -3.52. The van der Waals surface area contributed by atoms with Gasteiger partial charge in [0.25, 0.3) is 0 Å². The number of aliphatic hydroxyl groups excluding tert-OH is 1. The highest BCUT2D eigenvalue weighted by Crippen LogP contribution is 2.30. The van der Waals surface area contributed by atoms with Crippen LogP contribution in [0.1, 0.15) is 23.2 Å². The number of aliphatic hydroxyl groups is 1. The van der Waals surface area contributed by atoms with Crippen molar-refractivity contribution in [3.05, 3.63) is 53.6 Å². The summed E-state index contributed by atoms with van der Waals surface area (Å²) in [7, 11) is 0. The van der Waals surface area contributed by atoms with Gasteiger partial charge in [0.1, 0.15) is 23.4 Å². The van der Waals surface area contributed by atoms with Crippen LogP contribution in [0.2, 0.25) is 0 Å². The first-order chi connectivity index (χ1) is 15.1. The van der Waals surface area contributed by atoms with Crippen LogP contribution in [0, 0.1) is 18.3 Å². The van der Waals surface area contributed by atoms with Crippen molar-refractivity contribution in [3.8, 4) is 23.4 Å². The van der Waals surface area contributed by atoms with Crippen molar-refractivity contribution < 1.29 is 14.6 Å². The third-order valence-corrected chi connectivity index (χ3v) is 4.86. The van der Waals surface area contributed by atoms with Crippen LogP contribution in [-0.2, 0) is 4.74 Å². The molecule has 1 aromatic carbocycles. The molecule has 0 radical (unpaired) electrons. The molecule has 10 nitrogen and oxygen atoms in total. The molecule has 31 heavy (non-hydrogen) atoms. The Morgan fingerprint density at radius 2 is 2.06 bits per heavy atom. The number of nitrogens with zero attached hydrogens (tertiary/aromatic N) is 6. The van der Waals surface area contributed by atoms with Gasteiger partial charge in [0, 0.05) is 38.0 Å². The van der Waals surface area contributed by atoms with Crippen LogP contribution in [0.25, 0.3) is 5.69 Å². The van der Waals surface area contributed by atoms with E-state index in [2.05, 4.69) is 26.0 Å².